The van der Waals surface area contributed by atoms with Crippen LogP contribution in [0.25, 0.3) is 0 Å². The Kier molecular flexibility index (Phi) is 6.06. The maximum Gasteiger partial charge on any atom is 0.418 e. The molecule has 0 atom stereocenters. The molecule has 10 heteroatoms. The zero-order valence-electron chi connectivity index (χ0n) is 13.8. The van der Waals surface area contributed by atoms with Crippen molar-refractivity contribution in [2.24, 2.45) is 0 Å². The molecule has 3 amide bonds. The second-order valence-electron chi connectivity index (χ2n) is 5.35. The summed E-state index contributed by atoms with van der Waals surface area (Å²) in [7, 11) is 0. The van der Waals surface area contributed by atoms with Crippen molar-refractivity contribution in [1.29, 1.82) is 0 Å². The minimum absolute atomic E-state index is 0.163. The fraction of sp³-hybridized carbons (Fsp3) is 0.118. The number of rotatable bonds is 3. The number of hydrogen-bond donors (Lipinski definition) is 3. The molecule has 0 aliphatic heterocycles. The second kappa shape index (κ2) is 8.09. The first kappa shape index (κ1) is 20.2. The minimum atomic E-state index is -4.76. The number of carbonyl (C=O) groups is 3. The molecular formula is C17H13ClF3N3O3. The molecule has 0 aliphatic rings. The van der Waals surface area contributed by atoms with Gasteiger partial charge in [-0.2, -0.15) is 13.2 Å². The van der Waals surface area contributed by atoms with Crippen molar-refractivity contribution in [2.75, 3.05) is 16.0 Å². The molecule has 0 aromatic heterocycles. The molecule has 0 unspecified atom stereocenters. The summed E-state index contributed by atoms with van der Waals surface area (Å²) in [4.78, 5) is 34.8. The molecule has 0 aliphatic carbocycles. The molecule has 0 saturated carbocycles. The Labute approximate surface area is 156 Å². The molecule has 142 valence electrons. The van der Waals surface area contributed by atoms with E-state index in [4.69, 9.17) is 11.6 Å². The molecule has 2 aromatic carbocycles. The first-order chi connectivity index (χ1) is 12.6. The molecule has 6 nitrogen and oxygen atoms in total. The third-order valence-electron chi connectivity index (χ3n) is 3.20. The number of halogens is 4. The van der Waals surface area contributed by atoms with E-state index in [1.807, 2.05) is 5.32 Å². The molecule has 2 aromatic rings. The van der Waals surface area contributed by atoms with Crippen molar-refractivity contribution in [3.63, 3.8) is 0 Å². The van der Waals surface area contributed by atoms with Gasteiger partial charge in [-0.25, -0.2) is 0 Å². The summed E-state index contributed by atoms with van der Waals surface area (Å²) in [6.07, 6.45) is -4.76. The summed E-state index contributed by atoms with van der Waals surface area (Å²) < 4.78 is 39.0. The van der Waals surface area contributed by atoms with Gasteiger partial charge in [0.1, 0.15) is 0 Å². The third-order valence-corrected chi connectivity index (χ3v) is 3.44. The van der Waals surface area contributed by atoms with Gasteiger partial charge in [0.15, 0.2) is 0 Å². The minimum Gasteiger partial charge on any atom is -0.326 e. The number of nitrogens with one attached hydrogen (secondary N) is 3. The standard InChI is InChI=1S/C17H13ClF3N3O3/c1-9(25)22-11-3-5-12(6-4-11)23-15(26)16(27)24-14-7-2-10(18)8-13(14)17(19,20)21/h2-8H,1H3,(H,22,25)(H,23,26)(H,24,27). The maximum atomic E-state index is 13.0. The Bertz CT molecular complexity index is 883. The van der Waals surface area contributed by atoms with Gasteiger partial charge in [0, 0.05) is 23.3 Å². The zero-order valence-corrected chi connectivity index (χ0v) is 14.5. The Morgan fingerprint density at radius 1 is 0.852 bits per heavy atom. The summed E-state index contributed by atoms with van der Waals surface area (Å²) in [6.45, 7) is 1.33. The number of anilines is 3. The van der Waals surface area contributed by atoms with Crippen LogP contribution in [-0.4, -0.2) is 17.7 Å². The summed E-state index contributed by atoms with van der Waals surface area (Å²) in [5.74, 6) is -2.73. The van der Waals surface area contributed by atoms with Crippen LogP contribution < -0.4 is 16.0 Å². The van der Waals surface area contributed by atoms with E-state index in [1.165, 1.54) is 31.2 Å². The molecule has 0 bridgehead atoms. The first-order valence-electron chi connectivity index (χ1n) is 7.43. The number of benzene rings is 2. The van der Waals surface area contributed by atoms with E-state index in [0.29, 0.717) is 11.8 Å². The van der Waals surface area contributed by atoms with Crippen LogP contribution in [0.2, 0.25) is 5.02 Å². The highest BCUT2D eigenvalue weighted by Crippen LogP contribution is 2.36. The summed E-state index contributed by atoms with van der Waals surface area (Å²) in [6, 6.07) is 8.56. The number of alkyl halides is 3. The van der Waals surface area contributed by atoms with Crippen LogP contribution in [0, 0.1) is 0 Å². The summed E-state index contributed by atoms with van der Waals surface area (Å²) in [5, 5.41) is 6.51. The van der Waals surface area contributed by atoms with Gasteiger partial charge in [0.2, 0.25) is 5.91 Å². The van der Waals surface area contributed by atoms with E-state index < -0.39 is 29.2 Å². The molecule has 2 rings (SSSR count). The molecule has 0 heterocycles. The average Bonchev–Trinajstić information content (AvgIpc) is 2.56. The van der Waals surface area contributed by atoms with Gasteiger partial charge in [0.05, 0.1) is 11.3 Å². The first-order valence-corrected chi connectivity index (χ1v) is 7.81. The molecule has 0 saturated heterocycles. The van der Waals surface area contributed by atoms with Crippen molar-refractivity contribution in [1.82, 2.24) is 0 Å². The van der Waals surface area contributed by atoms with Crippen LogP contribution in [0.5, 0.6) is 0 Å². The monoisotopic (exact) mass is 399 g/mol. The molecule has 3 N–H and O–H groups in total. The van der Waals surface area contributed by atoms with E-state index in [-0.39, 0.29) is 16.6 Å². The topological polar surface area (TPSA) is 87.3 Å². The highest BCUT2D eigenvalue weighted by atomic mass is 35.5. The predicted molar refractivity (Wildman–Crippen MR) is 94.5 cm³/mol. The van der Waals surface area contributed by atoms with Crippen LogP contribution in [0.15, 0.2) is 42.5 Å². The van der Waals surface area contributed by atoms with Crippen molar-refractivity contribution in [2.45, 2.75) is 13.1 Å². The third kappa shape index (κ3) is 5.71. The highest BCUT2D eigenvalue weighted by molar-refractivity contribution is 6.43. The lowest BCUT2D eigenvalue weighted by Gasteiger charge is -2.14. The lowest BCUT2D eigenvalue weighted by atomic mass is 10.1. The van der Waals surface area contributed by atoms with Crippen LogP contribution >= 0.6 is 11.6 Å². The summed E-state index contributed by atoms with van der Waals surface area (Å²) >= 11 is 5.56. The van der Waals surface area contributed by atoms with E-state index in [9.17, 15) is 27.6 Å². The number of hydrogen-bond acceptors (Lipinski definition) is 3. The Morgan fingerprint density at radius 3 is 1.89 bits per heavy atom. The van der Waals surface area contributed by atoms with Crippen molar-refractivity contribution in [3.05, 3.63) is 53.1 Å². The lowest BCUT2D eigenvalue weighted by molar-refractivity contribution is -0.137. The Balaban J connectivity index is 2.08. The van der Waals surface area contributed by atoms with Crippen LogP contribution in [-0.2, 0) is 20.6 Å². The van der Waals surface area contributed by atoms with Crippen molar-refractivity contribution >= 4 is 46.4 Å². The smallest absolute Gasteiger partial charge is 0.326 e. The Morgan fingerprint density at radius 2 is 1.37 bits per heavy atom. The van der Waals surface area contributed by atoms with Gasteiger partial charge < -0.3 is 16.0 Å². The molecule has 0 spiro atoms. The van der Waals surface area contributed by atoms with E-state index in [2.05, 4.69) is 10.6 Å². The highest BCUT2D eigenvalue weighted by Gasteiger charge is 2.34. The van der Waals surface area contributed by atoms with E-state index in [1.54, 1.807) is 0 Å². The molecule has 0 fully saturated rings. The molecular weight excluding hydrogens is 387 g/mol. The van der Waals surface area contributed by atoms with Crippen molar-refractivity contribution in [3.8, 4) is 0 Å². The largest absolute Gasteiger partial charge is 0.418 e. The number of amides is 3. The summed E-state index contributed by atoms with van der Waals surface area (Å²) in [5.41, 5.74) is -1.07. The van der Waals surface area contributed by atoms with E-state index >= 15 is 0 Å². The van der Waals surface area contributed by atoms with Crippen molar-refractivity contribution < 1.29 is 27.6 Å². The van der Waals surface area contributed by atoms with E-state index in [0.717, 1.165) is 12.1 Å². The predicted octanol–water partition coefficient (Wildman–Crippen LogP) is 3.89. The zero-order chi connectivity index (χ0) is 20.2. The van der Waals surface area contributed by atoms with Crippen LogP contribution in [0.3, 0.4) is 0 Å². The van der Waals surface area contributed by atoms with Gasteiger partial charge in [-0.15, -0.1) is 0 Å². The van der Waals surface area contributed by atoms with Gasteiger partial charge in [-0.1, -0.05) is 11.6 Å². The maximum absolute atomic E-state index is 13.0. The van der Waals surface area contributed by atoms with Gasteiger partial charge in [0.25, 0.3) is 0 Å². The fourth-order valence-electron chi connectivity index (χ4n) is 2.07. The molecule has 0 radical (unpaired) electrons. The van der Waals surface area contributed by atoms with Crippen LogP contribution in [0.1, 0.15) is 12.5 Å². The van der Waals surface area contributed by atoms with Gasteiger partial charge in [-0.3, -0.25) is 14.4 Å². The SMILES string of the molecule is CC(=O)Nc1ccc(NC(=O)C(=O)Nc2ccc(Cl)cc2C(F)(F)F)cc1. The second-order valence-corrected chi connectivity index (χ2v) is 5.79. The normalized spacial score (nSPS) is 10.9. The quantitative estimate of drug-likeness (QED) is 0.684. The van der Waals surface area contributed by atoms with Crippen LogP contribution in [0.4, 0.5) is 30.2 Å². The van der Waals surface area contributed by atoms with Gasteiger partial charge in [-0.05, 0) is 42.5 Å². The number of carbonyl (C=O) groups excluding carboxylic acids is 3. The average molecular weight is 400 g/mol. The lowest BCUT2D eigenvalue weighted by Crippen LogP contribution is -2.30. The molecule has 27 heavy (non-hydrogen) atoms. The Hall–Kier alpha value is -3.07. The fourth-order valence-corrected chi connectivity index (χ4v) is 2.24. The van der Waals surface area contributed by atoms with Gasteiger partial charge >= 0.3 is 18.0 Å².